The van der Waals surface area contributed by atoms with Crippen LogP contribution in [0, 0.1) is 6.92 Å². The molecule has 0 saturated heterocycles. The molecule has 1 saturated carbocycles. The Morgan fingerprint density at radius 2 is 1.70 bits per heavy atom. The number of hydrogen-bond donors (Lipinski definition) is 1. The van der Waals surface area contributed by atoms with Crippen molar-refractivity contribution < 1.29 is 22.7 Å². The zero-order valence-electron chi connectivity index (χ0n) is 22.3. The SMILES string of the molecule is CCOc1ccccc1N(CC(=O)N(Cc1ccccc1C)[C@@H](C)C(=O)NC1CCCCC1)S(C)(=O)=O. The van der Waals surface area contributed by atoms with E-state index in [-0.39, 0.29) is 24.2 Å². The highest BCUT2D eigenvalue weighted by Crippen LogP contribution is 2.30. The number of nitrogens with one attached hydrogen (secondary N) is 1. The first kappa shape index (κ1) is 28.5. The van der Waals surface area contributed by atoms with Crippen LogP contribution in [0.5, 0.6) is 5.75 Å². The number of carbonyl (C=O) groups is 2. The maximum atomic E-state index is 13.8. The maximum Gasteiger partial charge on any atom is 0.244 e. The van der Waals surface area contributed by atoms with Gasteiger partial charge >= 0.3 is 0 Å². The van der Waals surface area contributed by atoms with Crippen molar-refractivity contribution in [3.63, 3.8) is 0 Å². The van der Waals surface area contributed by atoms with Crippen molar-refractivity contribution in [2.75, 3.05) is 23.7 Å². The highest BCUT2D eigenvalue weighted by Gasteiger charge is 2.32. The number of carbonyl (C=O) groups excluding carboxylic acids is 2. The van der Waals surface area contributed by atoms with Crippen molar-refractivity contribution in [1.82, 2.24) is 10.2 Å². The van der Waals surface area contributed by atoms with Gasteiger partial charge < -0.3 is 15.0 Å². The van der Waals surface area contributed by atoms with Gasteiger partial charge in [-0.25, -0.2) is 8.42 Å². The van der Waals surface area contributed by atoms with Crippen LogP contribution in [0.4, 0.5) is 5.69 Å². The first-order valence-electron chi connectivity index (χ1n) is 13.0. The molecule has 37 heavy (non-hydrogen) atoms. The van der Waals surface area contributed by atoms with Gasteiger partial charge in [0, 0.05) is 12.6 Å². The van der Waals surface area contributed by atoms with Gasteiger partial charge in [0.25, 0.3) is 0 Å². The molecule has 0 aromatic heterocycles. The second kappa shape index (κ2) is 12.9. The van der Waals surface area contributed by atoms with Crippen molar-refractivity contribution in [3.05, 3.63) is 59.7 Å². The molecule has 1 N–H and O–H groups in total. The van der Waals surface area contributed by atoms with Crippen LogP contribution in [0.1, 0.15) is 57.1 Å². The van der Waals surface area contributed by atoms with Crippen LogP contribution in [0.3, 0.4) is 0 Å². The first-order valence-corrected chi connectivity index (χ1v) is 14.8. The van der Waals surface area contributed by atoms with Gasteiger partial charge in [-0.3, -0.25) is 13.9 Å². The fraction of sp³-hybridized carbons (Fsp3) is 0.500. The van der Waals surface area contributed by atoms with Gasteiger partial charge in [0.05, 0.1) is 18.6 Å². The lowest BCUT2D eigenvalue weighted by Gasteiger charge is -2.33. The van der Waals surface area contributed by atoms with Crippen molar-refractivity contribution in [3.8, 4) is 5.75 Å². The summed E-state index contributed by atoms with van der Waals surface area (Å²) >= 11 is 0. The zero-order valence-corrected chi connectivity index (χ0v) is 23.1. The minimum absolute atomic E-state index is 0.102. The minimum atomic E-state index is -3.83. The summed E-state index contributed by atoms with van der Waals surface area (Å²) in [6.45, 7) is 5.55. The molecule has 0 heterocycles. The molecule has 0 aliphatic heterocycles. The number of rotatable bonds is 11. The minimum Gasteiger partial charge on any atom is -0.492 e. The molecular formula is C28H39N3O5S. The monoisotopic (exact) mass is 529 g/mol. The molecule has 1 aliphatic rings. The number of aryl methyl sites for hydroxylation is 1. The van der Waals surface area contributed by atoms with Gasteiger partial charge in [-0.2, -0.15) is 0 Å². The van der Waals surface area contributed by atoms with Crippen molar-refractivity contribution in [2.45, 2.75) is 71.5 Å². The smallest absolute Gasteiger partial charge is 0.244 e. The second-order valence-corrected chi connectivity index (χ2v) is 11.5. The summed E-state index contributed by atoms with van der Waals surface area (Å²) in [4.78, 5) is 28.5. The van der Waals surface area contributed by atoms with Crippen LogP contribution in [-0.2, 0) is 26.2 Å². The van der Waals surface area contributed by atoms with E-state index in [9.17, 15) is 18.0 Å². The van der Waals surface area contributed by atoms with Crippen LogP contribution in [0.15, 0.2) is 48.5 Å². The Morgan fingerprint density at radius 1 is 1.05 bits per heavy atom. The average Bonchev–Trinajstić information content (AvgIpc) is 2.87. The van der Waals surface area contributed by atoms with E-state index in [1.165, 1.54) is 11.3 Å². The molecule has 2 aromatic carbocycles. The maximum absolute atomic E-state index is 13.8. The van der Waals surface area contributed by atoms with E-state index in [0.717, 1.165) is 47.4 Å². The molecule has 0 unspecified atom stereocenters. The third kappa shape index (κ3) is 7.71. The van der Waals surface area contributed by atoms with Crippen molar-refractivity contribution in [2.24, 2.45) is 0 Å². The summed E-state index contributed by atoms with van der Waals surface area (Å²) in [6.07, 6.45) is 6.25. The van der Waals surface area contributed by atoms with Crippen LogP contribution in [0.25, 0.3) is 0 Å². The molecule has 2 aromatic rings. The average molecular weight is 530 g/mol. The zero-order chi connectivity index (χ0) is 27.0. The molecule has 0 radical (unpaired) electrons. The summed E-state index contributed by atoms with van der Waals surface area (Å²) in [5, 5.41) is 3.11. The Kier molecular flexibility index (Phi) is 9.97. The third-order valence-electron chi connectivity index (χ3n) is 6.83. The van der Waals surface area contributed by atoms with E-state index in [1.54, 1.807) is 31.2 Å². The molecule has 1 aliphatic carbocycles. The highest BCUT2D eigenvalue weighted by atomic mass is 32.2. The number of ether oxygens (including phenoxy) is 1. The van der Waals surface area contributed by atoms with E-state index in [2.05, 4.69) is 5.32 Å². The van der Waals surface area contributed by atoms with E-state index in [0.29, 0.717) is 12.4 Å². The lowest BCUT2D eigenvalue weighted by molar-refractivity contribution is -0.139. The Labute approximate surface area is 221 Å². The van der Waals surface area contributed by atoms with Gasteiger partial charge in [-0.1, -0.05) is 55.7 Å². The molecule has 0 bridgehead atoms. The van der Waals surface area contributed by atoms with Crippen LogP contribution in [0.2, 0.25) is 0 Å². The number of anilines is 1. The van der Waals surface area contributed by atoms with E-state index in [1.807, 2.05) is 38.1 Å². The normalized spacial score (nSPS) is 15.0. The predicted octanol–water partition coefficient (Wildman–Crippen LogP) is 4.03. The van der Waals surface area contributed by atoms with Crippen LogP contribution in [-0.4, -0.2) is 56.6 Å². The van der Waals surface area contributed by atoms with Gasteiger partial charge in [0.1, 0.15) is 18.3 Å². The molecule has 9 heteroatoms. The number of sulfonamides is 1. The van der Waals surface area contributed by atoms with E-state index in [4.69, 9.17) is 4.74 Å². The second-order valence-electron chi connectivity index (χ2n) is 9.64. The fourth-order valence-electron chi connectivity index (χ4n) is 4.66. The number of para-hydroxylation sites is 2. The van der Waals surface area contributed by atoms with Crippen molar-refractivity contribution in [1.29, 1.82) is 0 Å². The fourth-order valence-corrected chi connectivity index (χ4v) is 5.51. The third-order valence-corrected chi connectivity index (χ3v) is 7.96. The molecule has 1 fully saturated rings. The number of nitrogens with zero attached hydrogens (tertiary/aromatic N) is 2. The lowest BCUT2D eigenvalue weighted by atomic mass is 9.95. The van der Waals surface area contributed by atoms with Gasteiger partial charge in [0.15, 0.2) is 0 Å². The quantitative estimate of drug-likeness (QED) is 0.474. The van der Waals surface area contributed by atoms with Crippen LogP contribution < -0.4 is 14.4 Å². The van der Waals surface area contributed by atoms with Gasteiger partial charge in [-0.05, 0) is 56.9 Å². The summed E-state index contributed by atoms with van der Waals surface area (Å²) in [5.74, 6) is -0.322. The van der Waals surface area contributed by atoms with Gasteiger partial charge in [0.2, 0.25) is 21.8 Å². The first-order chi connectivity index (χ1) is 17.6. The topological polar surface area (TPSA) is 96.0 Å². The Hall–Kier alpha value is -3.07. The van der Waals surface area contributed by atoms with E-state index < -0.39 is 28.5 Å². The van der Waals surface area contributed by atoms with Crippen LogP contribution >= 0.6 is 0 Å². The van der Waals surface area contributed by atoms with Crippen molar-refractivity contribution >= 4 is 27.5 Å². The lowest BCUT2D eigenvalue weighted by Crippen LogP contribution is -2.53. The molecule has 1 atom stereocenters. The Morgan fingerprint density at radius 3 is 2.35 bits per heavy atom. The predicted molar refractivity (Wildman–Crippen MR) is 146 cm³/mol. The number of hydrogen-bond acceptors (Lipinski definition) is 5. The molecule has 0 spiro atoms. The summed E-state index contributed by atoms with van der Waals surface area (Å²) in [7, 11) is -3.83. The molecular weight excluding hydrogens is 490 g/mol. The highest BCUT2D eigenvalue weighted by molar-refractivity contribution is 7.92. The molecule has 3 rings (SSSR count). The summed E-state index contributed by atoms with van der Waals surface area (Å²) in [6, 6.07) is 13.7. The van der Waals surface area contributed by atoms with Gasteiger partial charge in [-0.15, -0.1) is 0 Å². The Bertz CT molecular complexity index is 1180. The largest absolute Gasteiger partial charge is 0.492 e. The summed E-state index contributed by atoms with van der Waals surface area (Å²) in [5.41, 5.74) is 2.17. The Balaban J connectivity index is 1.91. The standard InChI is InChI=1S/C28H39N3O5S/c1-5-36-26-18-12-11-17-25(26)31(37(4,34)35)20-27(32)30(19-23-14-10-9-13-21(23)2)22(3)28(33)29-24-15-7-6-8-16-24/h9-14,17-18,22,24H,5-8,15-16,19-20H2,1-4H3,(H,29,33)/t22-/m0/s1. The number of amides is 2. The summed E-state index contributed by atoms with van der Waals surface area (Å²) < 4.78 is 32.4. The number of benzene rings is 2. The molecule has 202 valence electrons. The molecule has 8 nitrogen and oxygen atoms in total. The molecule has 2 amide bonds. The van der Waals surface area contributed by atoms with E-state index >= 15 is 0 Å².